The molecule has 1 fully saturated rings. The lowest BCUT2D eigenvalue weighted by Gasteiger charge is -2.24. The zero-order valence-electron chi connectivity index (χ0n) is 15.6. The first-order chi connectivity index (χ1) is 12.5. The summed E-state index contributed by atoms with van der Waals surface area (Å²) in [6.07, 6.45) is 7.47. The lowest BCUT2D eigenvalue weighted by atomic mass is 9.98. The van der Waals surface area contributed by atoms with E-state index in [-0.39, 0.29) is 19.6 Å². The third-order valence-corrected chi connectivity index (χ3v) is 4.57. The number of unbranched alkanes of at least 4 members (excludes halogenated alkanes) is 4. The SMILES string of the molecule is CCCCCC/C=C1\CC(CO)(COC(=O)c2ccc(C)cc2)OC1=O. The van der Waals surface area contributed by atoms with Crippen LogP contribution in [0.15, 0.2) is 35.9 Å². The Morgan fingerprint density at radius 3 is 2.65 bits per heavy atom. The van der Waals surface area contributed by atoms with Crippen LogP contribution in [0, 0.1) is 6.92 Å². The molecule has 1 aliphatic rings. The number of hydrogen-bond acceptors (Lipinski definition) is 5. The van der Waals surface area contributed by atoms with Crippen molar-refractivity contribution < 1.29 is 24.2 Å². The van der Waals surface area contributed by atoms with Gasteiger partial charge in [0.05, 0.1) is 12.2 Å². The fourth-order valence-corrected chi connectivity index (χ4v) is 2.90. The van der Waals surface area contributed by atoms with E-state index in [2.05, 4.69) is 6.92 Å². The third kappa shape index (κ3) is 5.43. The molecule has 1 saturated heterocycles. The summed E-state index contributed by atoms with van der Waals surface area (Å²) in [5.41, 5.74) is 0.862. The Morgan fingerprint density at radius 2 is 2.00 bits per heavy atom. The summed E-state index contributed by atoms with van der Waals surface area (Å²) in [5.74, 6) is -0.924. The van der Waals surface area contributed by atoms with Crippen molar-refractivity contribution in [1.82, 2.24) is 0 Å². The van der Waals surface area contributed by atoms with E-state index in [1.54, 1.807) is 12.1 Å². The summed E-state index contributed by atoms with van der Waals surface area (Å²) < 4.78 is 10.7. The Kier molecular flexibility index (Phi) is 7.39. The monoisotopic (exact) mass is 360 g/mol. The molecule has 1 N–H and O–H groups in total. The lowest BCUT2D eigenvalue weighted by molar-refractivity contribution is -0.154. The van der Waals surface area contributed by atoms with Crippen LogP contribution in [0.25, 0.3) is 0 Å². The molecule has 142 valence electrons. The molecule has 1 atom stereocenters. The number of hydrogen-bond donors (Lipinski definition) is 1. The van der Waals surface area contributed by atoms with Crippen molar-refractivity contribution in [3.05, 3.63) is 47.0 Å². The van der Waals surface area contributed by atoms with Gasteiger partial charge < -0.3 is 14.6 Å². The zero-order valence-corrected chi connectivity index (χ0v) is 15.6. The molecule has 1 heterocycles. The van der Waals surface area contributed by atoms with Gasteiger partial charge in [-0.25, -0.2) is 9.59 Å². The molecule has 1 aromatic carbocycles. The highest BCUT2D eigenvalue weighted by atomic mass is 16.6. The van der Waals surface area contributed by atoms with Gasteiger partial charge in [-0.2, -0.15) is 0 Å². The number of allylic oxidation sites excluding steroid dienone is 1. The molecule has 5 nitrogen and oxygen atoms in total. The first kappa shape index (κ1) is 20.2. The van der Waals surface area contributed by atoms with Gasteiger partial charge >= 0.3 is 11.9 Å². The normalized spacial score (nSPS) is 21.0. The van der Waals surface area contributed by atoms with Crippen LogP contribution >= 0.6 is 0 Å². The molecule has 0 spiro atoms. The van der Waals surface area contributed by atoms with Crippen molar-refractivity contribution in [2.45, 2.75) is 58.0 Å². The van der Waals surface area contributed by atoms with E-state index in [1.807, 2.05) is 25.1 Å². The molecule has 1 unspecified atom stereocenters. The molecule has 1 aliphatic heterocycles. The zero-order chi connectivity index (χ0) is 19.0. The van der Waals surface area contributed by atoms with Crippen LogP contribution in [-0.4, -0.2) is 35.9 Å². The van der Waals surface area contributed by atoms with Crippen molar-refractivity contribution in [1.29, 1.82) is 0 Å². The molecular formula is C21H28O5. The van der Waals surface area contributed by atoms with Gasteiger partial charge in [0.1, 0.15) is 6.61 Å². The van der Waals surface area contributed by atoms with Crippen LogP contribution in [0.5, 0.6) is 0 Å². The molecule has 0 aromatic heterocycles. The number of aliphatic hydroxyl groups is 1. The van der Waals surface area contributed by atoms with Gasteiger partial charge in [-0.3, -0.25) is 0 Å². The van der Waals surface area contributed by atoms with E-state index in [4.69, 9.17) is 9.47 Å². The second-order valence-corrected chi connectivity index (χ2v) is 6.93. The van der Waals surface area contributed by atoms with Crippen molar-refractivity contribution in [3.63, 3.8) is 0 Å². The Bertz CT molecular complexity index is 647. The summed E-state index contributed by atoms with van der Waals surface area (Å²) in [5, 5.41) is 9.72. The molecule has 2 rings (SSSR count). The fraction of sp³-hybridized carbons (Fsp3) is 0.524. The number of rotatable bonds is 9. The van der Waals surface area contributed by atoms with Crippen LogP contribution < -0.4 is 0 Å². The summed E-state index contributed by atoms with van der Waals surface area (Å²) in [6, 6.07) is 7.03. The molecule has 0 bridgehead atoms. The quantitative estimate of drug-likeness (QED) is 0.413. The van der Waals surface area contributed by atoms with Gasteiger partial charge in [0.2, 0.25) is 0 Å². The first-order valence-corrected chi connectivity index (χ1v) is 9.27. The van der Waals surface area contributed by atoms with Gasteiger partial charge in [-0.1, -0.05) is 50.0 Å². The number of esters is 2. The highest BCUT2D eigenvalue weighted by Gasteiger charge is 2.44. The summed E-state index contributed by atoms with van der Waals surface area (Å²) in [4.78, 5) is 24.2. The van der Waals surface area contributed by atoms with Crippen molar-refractivity contribution in [2.24, 2.45) is 0 Å². The maximum absolute atomic E-state index is 12.1. The number of carbonyl (C=O) groups is 2. The Balaban J connectivity index is 1.92. The molecule has 0 saturated carbocycles. The second-order valence-electron chi connectivity index (χ2n) is 6.93. The summed E-state index contributed by atoms with van der Waals surface area (Å²) in [7, 11) is 0. The molecule has 0 radical (unpaired) electrons. The maximum Gasteiger partial charge on any atom is 0.338 e. The average molecular weight is 360 g/mol. The van der Waals surface area contributed by atoms with E-state index in [0.717, 1.165) is 24.8 Å². The minimum atomic E-state index is -1.17. The summed E-state index contributed by atoms with van der Waals surface area (Å²) >= 11 is 0. The molecule has 0 aliphatic carbocycles. The number of ether oxygens (including phenoxy) is 2. The van der Waals surface area contributed by atoms with E-state index in [1.165, 1.54) is 12.8 Å². The minimum absolute atomic E-state index is 0.158. The van der Waals surface area contributed by atoms with Crippen molar-refractivity contribution >= 4 is 11.9 Å². The maximum atomic E-state index is 12.1. The van der Waals surface area contributed by atoms with Crippen molar-refractivity contribution in [3.8, 4) is 0 Å². The number of aryl methyl sites for hydroxylation is 1. The molecule has 26 heavy (non-hydrogen) atoms. The number of cyclic esters (lactones) is 1. The molecule has 0 amide bonds. The van der Waals surface area contributed by atoms with Crippen LogP contribution in [-0.2, 0) is 14.3 Å². The van der Waals surface area contributed by atoms with E-state index < -0.39 is 17.5 Å². The minimum Gasteiger partial charge on any atom is -0.458 e. The van der Waals surface area contributed by atoms with Crippen LogP contribution in [0.2, 0.25) is 0 Å². The fourth-order valence-electron chi connectivity index (χ4n) is 2.90. The smallest absolute Gasteiger partial charge is 0.338 e. The highest BCUT2D eigenvalue weighted by molar-refractivity contribution is 5.92. The summed E-state index contributed by atoms with van der Waals surface area (Å²) in [6.45, 7) is 3.55. The highest BCUT2D eigenvalue weighted by Crippen LogP contribution is 2.31. The predicted molar refractivity (Wildman–Crippen MR) is 98.8 cm³/mol. The van der Waals surface area contributed by atoms with Gasteiger partial charge in [0.15, 0.2) is 5.60 Å². The standard InChI is InChI=1S/C21H28O5/c1-3-4-5-6-7-8-18-13-21(14-22,26-20(18)24)15-25-19(23)17-11-9-16(2)10-12-17/h8-12,22H,3-7,13-15H2,1-2H3/b18-8+. The Labute approximate surface area is 155 Å². The van der Waals surface area contributed by atoms with Gasteiger partial charge in [-0.05, 0) is 31.9 Å². The third-order valence-electron chi connectivity index (χ3n) is 4.57. The molecule has 5 heteroatoms. The van der Waals surface area contributed by atoms with E-state index in [9.17, 15) is 14.7 Å². The van der Waals surface area contributed by atoms with E-state index in [0.29, 0.717) is 11.1 Å². The van der Waals surface area contributed by atoms with Gasteiger partial charge in [-0.15, -0.1) is 0 Å². The van der Waals surface area contributed by atoms with Crippen LogP contribution in [0.4, 0.5) is 0 Å². The topological polar surface area (TPSA) is 72.8 Å². The largest absolute Gasteiger partial charge is 0.458 e. The Hall–Kier alpha value is -2.14. The van der Waals surface area contributed by atoms with Crippen LogP contribution in [0.1, 0.15) is 61.4 Å². The average Bonchev–Trinajstić information content (AvgIpc) is 2.96. The van der Waals surface area contributed by atoms with E-state index >= 15 is 0 Å². The number of aliphatic hydroxyl groups excluding tert-OH is 1. The van der Waals surface area contributed by atoms with Gasteiger partial charge in [0.25, 0.3) is 0 Å². The number of benzene rings is 1. The lowest BCUT2D eigenvalue weighted by Crippen LogP contribution is -2.39. The van der Waals surface area contributed by atoms with Crippen LogP contribution in [0.3, 0.4) is 0 Å². The molecule has 1 aromatic rings. The Morgan fingerprint density at radius 1 is 1.27 bits per heavy atom. The predicted octanol–water partition coefficient (Wildman–Crippen LogP) is 3.73. The second kappa shape index (κ2) is 9.53. The van der Waals surface area contributed by atoms with Crippen molar-refractivity contribution in [2.75, 3.05) is 13.2 Å². The first-order valence-electron chi connectivity index (χ1n) is 9.27. The number of carbonyl (C=O) groups excluding carboxylic acids is 2. The molecular weight excluding hydrogens is 332 g/mol. The van der Waals surface area contributed by atoms with Gasteiger partial charge in [0, 0.05) is 12.0 Å².